The number of benzene rings is 2. The second-order valence-corrected chi connectivity index (χ2v) is 5.48. The smallest absolute Gasteiger partial charge is 0.231 e. The van der Waals surface area contributed by atoms with Crippen molar-refractivity contribution in [3.8, 4) is 28.7 Å². The van der Waals surface area contributed by atoms with Crippen molar-refractivity contribution in [2.45, 2.75) is 6.92 Å². The average molecular weight is 342 g/mol. The van der Waals surface area contributed by atoms with Crippen molar-refractivity contribution in [1.29, 1.82) is 0 Å². The molecule has 0 bridgehead atoms. The van der Waals surface area contributed by atoms with E-state index in [-0.39, 0.29) is 17.3 Å². The first-order valence-corrected chi connectivity index (χ1v) is 7.57. The molecule has 2 aromatic carbocycles. The number of methoxy groups -OCH3 is 3. The van der Waals surface area contributed by atoms with E-state index in [1.54, 1.807) is 31.2 Å². The number of carbonyl (C=O) groups excluding carboxylic acids is 1. The lowest BCUT2D eigenvalue weighted by molar-refractivity contribution is 0.101. The summed E-state index contributed by atoms with van der Waals surface area (Å²) in [6.07, 6.45) is 1.58. The molecule has 0 radical (unpaired) electrons. The molecule has 1 aliphatic rings. The Labute approximate surface area is 145 Å². The van der Waals surface area contributed by atoms with Crippen LogP contribution in [0.4, 0.5) is 0 Å². The fourth-order valence-corrected chi connectivity index (χ4v) is 2.68. The van der Waals surface area contributed by atoms with Crippen LogP contribution in [0, 0.1) is 6.92 Å². The molecule has 6 heteroatoms. The van der Waals surface area contributed by atoms with Crippen molar-refractivity contribution in [2.24, 2.45) is 0 Å². The maximum Gasteiger partial charge on any atom is 0.231 e. The van der Waals surface area contributed by atoms with Crippen molar-refractivity contribution in [1.82, 2.24) is 0 Å². The largest absolute Gasteiger partial charge is 0.508 e. The van der Waals surface area contributed by atoms with Gasteiger partial charge in [-0.3, -0.25) is 4.79 Å². The van der Waals surface area contributed by atoms with E-state index in [1.807, 2.05) is 0 Å². The van der Waals surface area contributed by atoms with Gasteiger partial charge < -0.3 is 24.1 Å². The van der Waals surface area contributed by atoms with E-state index in [9.17, 15) is 9.90 Å². The second-order valence-electron chi connectivity index (χ2n) is 5.48. The van der Waals surface area contributed by atoms with Crippen LogP contribution in [0.15, 0.2) is 30.0 Å². The van der Waals surface area contributed by atoms with Crippen LogP contribution in [-0.2, 0) is 0 Å². The number of phenolic OH excluding ortho intramolecular Hbond substituents is 1. The van der Waals surface area contributed by atoms with Gasteiger partial charge in [0.1, 0.15) is 17.2 Å². The molecule has 6 nitrogen and oxygen atoms in total. The Morgan fingerprint density at radius 2 is 1.64 bits per heavy atom. The van der Waals surface area contributed by atoms with Gasteiger partial charge in [0.25, 0.3) is 0 Å². The van der Waals surface area contributed by atoms with E-state index in [2.05, 4.69) is 0 Å². The zero-order valence-electron chi connectivity index (χ0n) is 14.4. The molecule has 2 aromatic rings. The van der Waals surface area contributed by atoms with E-state index < -0.39 is 0 Å². The highest BCUT2D eigenvalue weighted by Gasteiger charge is 2.30. The number of rotatable bonds is 4. The number of hydrogen-bond acceptors (Lipinski definition) is 6. The number of Topliss-reactive ketones (excluding diaryl/α,β-unsaturated/α-hetero) is 1. The van der Waals surface area contributed by atoms with Crippen molar-refractivity contribution < 1.29 is 28.8 Å². The minimum atomic E-state index is -0.255. The van der Waals surface area contributed by atoms with Gasteiger partial charge in [0.2, 0.25) is 5.78 Å². The predicted octanol–water partition coefficient (Wildman–Crippen LogP) is 3.34. The lowest BCUT2D eigenvalue weighted by Gasteiger charge is -2.12. The van der Waals surface area contributed by atoms with Gasteiger partial charge in [-0.2, -0.15) is 0 Å². The normalized spacial score (nSPS) is 14.2. The van der Waals surface area contributed by atoms with Crippen molar-refractivity contribution in [3.05, 3.63) is 46.7 Å². The van der Waals surface area contributed by atoms with Gasteiger partial charge in [0, 0.05) is 17.2 Å². The molecule has 0 spiro atoms. The van der Waals surface area contributed by atoms with Gasteiger partial charge in [-0.05, 0) is 31.2 Å². The summed E-state index contributed by atoms with van der Waals surface area (Å²) < 4.78 is 21.6. The fraction of sp³-hybridized carbons (Fsp3) is 0.211. The first kappa shape index (κ1) is 16.7. The summed E-state index contributed by atoms with van der Waals surface area (Å²) in [6.45, 7) is 1.70. The molecule has 0 fully saturated rings. The second kappa shape index (κ2) is 6.39. The number of ether oxygens (including phenoxy) is 4. The van der Waals surface area contributed by atoms with Gasteiger partial charge in [0.05, 0.1) is 26.9 Å². The zero-order valence-corrected chi connectivity index (χ0v) is 14.4. The summed E-state index contributed by atoms with van der Waals surface area (Å²) in [5.41, 5.74) is 1.55. The summed E-state index contributed by atoms with van der Waals surface area (Å²) in [4.78, 5) is 12.6. The molecule has 25 heavy (non-hydrogen) atoms. The number of allylic oxidation sites excluding steroid dienone is 1. The van der Waals surface area contributed by atoms with Gasteiger partial charge in [-0.1, -0.05) is 0 Å². The first-order valence-electron chi connectivity index (χ1n) is 7.57. The van der Waals surface area contributed by atoms with E-state index in [4.69, 9.17) is 18.9 Å². The Bertz CT molecular complexity index is 882. The number of carbonyl (C=O) groups is 1. The van der Waals surface area contributed by atoms with Gasteiger partial charge in [-0.25, -0.2) is 0 Å². The molecular weight excluding hydrogens is 324 g/mol. The molecule has 1 heterocycles. The number of ketones is 1. The Balaban J connectivity index is 2.08. The van der Waals surface area contributed by atoms with Crippen molar-refractivity contribution >= 4 is 11.9 Å². The maximum absolute atomic E-state index is 12.6. The van der Waals surface area contributed by atoms with Crippen LogP contribution in [0.5, 0.6) is 28.7 Å². The van der Waals surface area contributed by atoms with Gasteiger partial charge in [-0.15, -0.1) is 0 Å². The van der Waals surface area contributed by atoms with Crippen LogP contribution in [0.25, 0.3) is 6.08 Å². The third-order valence-corrected chi connectivity index (χ3v) is 4.08. The van der Waals surface area contributed by atoms with Crippen LogP contribution in [0.3, 0.4) is 0 Å². The van der Waals surface area contributed by atoms with Gasteiger partial charge >= 0.3 is 0 Å². The molecule has 0 aromatic heterocycles. The molecule has 1 aliphatic heterocycles. The van der Waals surface area contributed by atoms with E-state index in [0.29, 0.717) is 39.7 Å². The standard InChI is InChI=1S/C19H18O6/c1-10-13(20)6-5-12-18(21)17(25-19(10)12)8-11-7-15(23-3)16(24-4)9-14(11)22-2/h5-9,20H,1-4H3/b17-8-. The molecule has 0 atom stereocenters. The van der Waals surface area contributed by atoms with Gasteiger partial charge in [0.15, 0.2) is 17.3 Å². The highest BCUT2D eigenvalue weighted by Crippen LogP contribution is 2.40. The molecule has 0 saturated heterocycles. The SMILES string of the molecule is COc1cc(OC)c(OC)cc1/C=C1\Oc2c(ccc(O)c2C)C1=O. The summed E-state index contributed by atoms with van der Waals surface area (Å²) >= 11 is 0. The Morgan fingerprint density at radius 1 is 1.00 bits per heavy atom. The fourth-order valence-electron chi connectivity index (χ4n) is 2.68. The first-order chi connectivity index (χ1) is 12.0. The zero-order chi connectivity index (χ0) is 18.1. The number of phenols is 1. The molecule has 130 valence electrons. The minimum Gasteiger partial charge on any atom is -0.508 e. The minimum absolute atomic E-state index is 0.0801. The van der Waals surface area contributed by atoms with Crippen LogP contribution in [0.2, 0.25) is 0 Å². The van der Waals surface area contributed by atoms with E-state index >= 15 is 0 Å². The summed E-state index contributed by atoms with van der Waals surface area (Å²) in [7, 11) is 4.59. The molecule has 0 amide bonds. The van der Waals surface area contributed by atoms with Crippen LogP contribution < -0.4 is 18.9 Å². The quantitative estimate of drug-likeness (QED) is 0.859. The van der Waals surface area contributed by atoms with E-state index in [1.165, 1.54) is 27.4 Å². The number of fused-ring (bicyclic) bond motifs is 1. The molecule has 0 saturated carbocycles. The third kappa shape index (κ3) is 2.76. The molecule has 3 rings (SSSR count). The van der Waals surface area contributed by atoms with Crippen LogP contribution in [0.1, 0.15) is 21.5 Å². The highest BCUT2D eigenvalue weighted by atomic mass is 16.5. The maximum atomic E-state index is 12.6. The average Bonchev–Trinajstić information content (AvgIpc) is 2.94. The van der Waals surface area contributed by atoms with Crippen LogP contribution >= 0.6 is 0 Å². The van der Waals surface area contributed by atoms with Crippen molar-refractivity contribution in [3.63, 3.8) is 0 Å². The Hall–Kier alpha value is -3.15. The Morgan fingerprint density at radius 3 is 2.28 bits per heavy atom. The highest BCUT2D eigenvalue weighted by molar-refractivity contribution is 6.15. The molecular formula is C19H18O6. The lowest BCUT2D eigenvalue weighted by Crippen LogP contribution is -2.00. The van der Waals surface area contributed by atoms with Crippen molar-refractivity contribution in [2.75, 3.05) is 21.3 Å². The molecule has 0 unspecified atom stereocenters. The topological polar surface area (TPSA) is 74.2 Å². The van der Waals surface area contributed by atoms with Crippen LogP contribution in [-0.4, -0.2) is 32.2 Å². The molecule has 1 N–H and O–H groups in total. The number of hydrogen-bond donors (Lipinski definition) is 1. The summed E-state index contributed by atoms with van der Waals surface area (Å²) in [5.74, 6) is 1.88. The summed E-state index contributed by atoms with van der Waals surface area (Å²) in [6, 6.07) is 6.41. The lowest BCUT2D eigenvalue weighted by atomic mass is 10.1. The monoisotopic (exact) mass is 342 g/mol. The van der Waals surface area contributed by atoms with E-state index in [0.717, 1.165) is 0 Å². The Kier molecular flexibility index (Phi) is 4.27. The molecule has 0 aliphatic carbocycles. The predicted molar refractivity (Wildman–Crippen MR) is 91.9 cm³/mol. The summed E-state index contributed by atoms with van der Waals surface area (Å²) in [5, 5.41) is 9.79. The number of aromatic hydroxyl groups is 1. The third-order valence-electron chi connectivity index (χ3n) is 4.08.